The van der Waals surface area contributed by atoms with Crippen LogP contribution in [-0.2, 0) is 11.3 Å². The van der Waals surface area contributed by atoms with E-state index in [-0.39, 0.29) is 17.9 Å². The van der Waals surface area contributed by atoms with Crippen LogP contribution in [0.4, 0.5) is 11.4 Å². The SMILES string of the molecule is O=C1[C@H]2CCC[C@H]2Nc2ccccc2N1Cc1ccc2ccccc2c1. The molecule has 3 heteroatoms. The van der Waals surface area contributed by atoms with E-state index in [1.807, 2.05) is 17.0 Å². The molecule has 26 heavy (non-hydrogen) atoms. The van der Waals surface area contributed by atoms with Gasteiger partial charge in [0, 0.05) is 6.04 Å². The number of nitrogens with zero attached hydrogens (tertiary/aromatic N) is 1. The van der Waals surface area contributed by atoms with Gasteiger partial charge in [-0.15, -0.1) is 0 Å². The first kappa shape index (κ1) is 15.4. The van der Waals surface area contributed by atoms with Gasteiger partial charge in [0.15, 0.2) is 0 Å². The molecule has 0 bridgehead atoms. The standard InChI is InChI=1S/C23H22N2O/c26-23-19-8-5-10-20(19)24-21-9-3-4-11-22(21)25(23)15-16-12-13-17-6-1-2-7-18(17)14-16/h1-4,6-7,9,11-14,19-20,24H,5,8,10,15H2/t19-,20+/m0/s1. The fourth-order valence-corrected chi connectivity index (χ4v) is 4.46. The van der Waals surface area contributed by atoms with E-state index in [4.69, 9.17) is 0 Å². The van der Waals surface area contributed by atoms with E-state index in [1.54, 1.807) is 0 Å². The average Bonchev–Trinajstić information content (AvgIpc) is 3.10. The van der Waals surface area contributed by atoms with Crippen LogP contribution in [0.15, 0.2) is 66.7 Å². The number of rotatable bonds is 2. The summed E-state index contributed by atoms with van der Waals surface area (Å²) in [7, 11) is 0. The van der Waals surface area contributed by atoms with E-state index >= 15 is 0 Å². The lowest BCUT2D eigenvalue weighted by molar-refractivity contribution is -0.122. The molecule has 1 amide bonds. The molecule has 0 aromatic heterocycles. The number of hydrogen-bond donors (Lipinski definition) is 1. The molecule has 2 aliphatic rings. The Morgan fingerprint density at radius 2 is 1.73 bits per heavy atom. The predicted octanol–water partition coefficient (Wildman–Crippen LogP) is 4.97. The summed E-state index contributed by atoms with van der Waals surface area (Å²) in [6, 6.07) is 23.3. The summed E-state index contributed by atoms with van der Waals surface area (Å²) in [5.41, 5.74) is 3.25. The van der Waals surface area contributed by atoms with Crippen molar-refractivity contribution in [3.63, 3.8) is 0 Å². The van der Waals surface area contributed by atoms with Crippen LogP contribution in [0.1, 0.15) is 24.8 Å². The molecule has 3 aromatic carbocycles. The second kappa shape index (κ2) is 6.17. The van der Waals surface area contributed by atoms with Gasteiger partial charge in [-0.3, -0.25) is 4.79 Å². The van der Waals surface area contributed by atoms with Crippen molar-refractivity contribution in [2.75, 3.05) is 10.2 Å². The van der Waals surface area contributed by atoms with E-state index in [9.17, 15) is 4.79 Å². The van der Waals surface area contributed by atoms with E-state index in [0.29, 0.717) is 6.54 Å². The van der Waals surface area contributed by atoms with Gasteiger partial charge >= 0.3 is 0 Å². The Kier molecular flexibility index (Phi) is 3.66. The Balaban J connectivity index is 1.55. The summed E-state index contributed by atoms with van der Waals surface area (Å²) < 4.78 is 0. The molecule has 130 valence electrons. The normalized spacial score (nSPS) is 21.8. The zero-order valence-corrected chi connectivity index (χ0v) is 14.7. The summed E-state index contributed by atoms with van der Waals surface area (Å²) >= 11 is 0. The monoisotopic (exact) mass is 342 g/mol. The highest BCUT2D eigenvalue weighted by molar-refractivity contribution is 6.00. The van der Waals surface area contributed by atoms with Crippen molar-refractivity contribution in [2.45, 2.75) is 31.8 Å². The maximum Gasteiger partial charge on any atom is 0.232 e. The summed E-state index contributed by atoms with van der Waals surface area (Å²) in [6.07, 6.45) is 3.19. The smallest absolute Gasteiger partial charge is 0.232 e. The van der Waals surface area contributed by atoms with Crippen LogP contribution in [0, 0.1) is 5.92 Å². The molecule has 0 radical (unpaired) electrons. The number of nitrogens with one attached hydrogen (secondary N) is 1. The first-order valence-electron chi connectivity index (χ1n) is 9.44. The zero-order chi connectivity index (χ0) is 17.5. The van der Waals surface area contributed by atoms with Crippen molar-refractivity contribution in [1.29, 1.82) is 0 Å². The van der Waals surface area contributed by atoms with Gasteiger partial charge in [0.2, 0.25) is 5.91 Å². The Morgan fingerprint density at radius 3 is 2.65 bits per heavy atom. The molecule has 1 fully saturated rings. The molecule has 0 spiro atoms. The summed E-state index contributed by atoms with van der Waals surface area (Å²) in [6.45, 7) is 0.617. The Hall–Kier alpha value is -2.81. The van der Waals surface area contributed by atoms with Crippen molar-refractivity contribution in [3.8, 4) is 0 Å². The van der Waals surface area contributed by atoms with Gasteiger partial charge in [-0.25, -0.2) is 0 Å². The third-order valence-electron chi connectivity index (χ3n) is 5.79. The number of fused-ring (bicyclic) bond motifs is 3. The number of anilines is 2. The van der Waals surface area contributed by atoms with Crippen molar-refractivity contribution in [2.24, 2.45) is 5.92 Å². The highest BCUT2D eigenvalue weighted by atomic mass is 16.2. The third-order valence-corrected chi connectivity index (χ3v) is 5.79. The first-order chi connectivity index (χ1) is 12.8. The maximum atomic E-state index is 13.3. The molecule has 1 aliphatic carbocycles. The van der Waals surface area contributed by atoms with Gasteiger partial charge in [-0.05, 0) is 47.4 Å². The minimum atomic E-state index is 0.0860. The van der Waals surface area contributed by atoms with Gasteiger partial charge in [0.1, 0.15) is 0 Å². The second-order valence-corrected chi connectivity index (χ2v) is 7.41. The fourth-order valence-electron chi connectivity index (χ4n) is 4.46. The van der Waals surface area contributed by atoms with Crippen LogP contribution >= 0.6 is 0 Å². The van der Waals surface area contributed by atoms with Crippen LogP contribution in [-0.4, -0.2) is 11.9 Å². The number of para-hydroxylation sites is 2. The topological polar surface area (TPSA) is 32.3 Å². The summed E-state index contributed by atoms with van der Waals surface area (Å²) in [5, 5.41) is 6.09. The lowest BCUT2D eigenvalue weighted by Crippen LogP contribution is -2.38. The van der Waals surface area contributed by atoms with E-state index in [2.05, 4.69) is 59.9 Å². The number of hydrogen-bond acceptors (Lipinski definition) is 2. The van der Waals surface area contributed by atoms with Gasteiger partial charge in [0.05, 0.1) is 23.8 Å². The highest BCUT2D eigenvalue weighted by Gasteiger charge is 2.39. The van der Waals surface area contributed by atoms with Crippen molar-refractivity contribution < 1.29 is 4.79 Å². The summed E-state index contributed by atoms with van der Waals surface area (Å²) in [4.78, 5) is 15.3. The molecule has 1 heterocycles. The molecule has 2 atom stereocenters. The number of benzene rings is 3. The lowest BCUT2D eigenvalue weighted by atomic mass is 10.0. The maximum absolute atomic E-state index is 13.3. The molecule has 1 N–H and O–H groups in total. The molecule has 1 aliphatic heterocycles. The number of carbonyl (C=O) groups is 1. The molecule has 3 nitrogen and oxygen atoms in total. The minimum Gasteiger partial charge on any atom is -0.380 e. The minimum absolute atomic E-state index is 0.0860. The van der Waals surface area contributed by atoms with Crippen molar-refractivity contribution in [1.82, 2.24) is 0 Å². The second-order valence-electron chi connectivity index (χ2n) is 7.41. The zero-order valence-electron chi connectivity index (χ0n) is 14.7. The molecule has 0 unspecified atom stereocenters. The van der Waals surface area contributed by atoms with Crippen LogP contribution in [0.3, 0.4) is 0 Å². The first-order valence-corrected chi connectivity index (χ1v) is 9.44. The fraction of sp³-hybridized carbons (Fsp3) is 0.261. The lowest BCUT2D eigenvalue weighted by Gasteiger charge is -2.25. The van der Waals surface area contributed by atoms with Crippen LogP contribution < -0.4 is 10.2 Å². The summed E-state index contributed by atoms with van der Waals surface area (Å²) in [5.74, 6) is 0.348. The van der Waals surface area contributed by atoms with Crippen LogP contribution in [0.5, 0.6) is 0 Å². The average molecular weight is 342 g/mol. The van der Waals surface area contributed by atoms with Crippen molar-refractivity contribution in [3.05, 3.63) is 72.3 Å². The Bertz CT molecular complexity index is 981. The van der Waals surface area contributed by atoms with E-state index in [0.717, 1.165) is 30.6 Å². The van der Waals surface area contributed by atoms with Gasteiger partial charge in [-0.1, -0.05) is 55.0 Å². The van der Waals surface area contributed by atoms with Crippen LogP contribution in [0.2, 0.25) is 0 Å². The van der Waals surface area contributed by atoms with Gasteiger partial charge in [-0.2, -0.15) is 0 Å². The van der Waals surface area contributed by atoms with Gasteiger partial charge in [0.25, 0.3) is 0 Å². The molecular weight excluding hydrogens is 320 g/mol. The van der Waals surface area contributed by atoms with Gasteiger partial charge < -0.3 is 10.2 Å². The Labute approximate surface area is 153 Å². The van der Waals surface area contributed by atoms with E-state index in [1.165, 1.54) is 16.3 Å². The molecule has 5 rings (SSSR count). The molecule has 0 saturated heterocycles. The van der Waals surface area contributed by atoms with Crippen LogP contribution in [0.25, 0.3) is 10.8 Å². The molecule has 3 aromatic rings. The third kappa shape index (κ3) is 2.55. The number of carbonyl (C=O) groups excluding carboxylic acids is 1. The molecular formula is C23H22N2O. The Morgan fingerprint density at radius 1 is 0.923 bits per heavy atom. The predicted molar refractivity (Wildman–Crippen MR) is 106 cm³/mol. The highest BCUT2D eigenvalue weighted by Crippen LogP contribution is 2.39. The molecule has 1 saturated carbocycles. The van der Waals surface area contributed by atoms with E-state index < -0.39 is 0 Å². The largest absolute Gasteiger partial charge is 0.380 e. The quantitative estimate of drug-likeness (QED) is 0.713. The van der Waals surface area contributed by atoms with Crippen molar-refractivity contribution >= 4 is 28.1 Å². The number of amides is 1.